The Morgan fingerprint density at radius 2 is 1.50 bits per heavy atom. The molecule has 0 aromatic heterocycles. The van der Waals surface area contributed by atoms with Crippen LogP contribution in [0.1, 0.15) is 27.6 Å². The topological polar surface area (TPSA) is 37.4 Å². The van der Waals surface area contributed by atoms with Crippen molar-refractivity contribution >= 4 is 17.3 Å². The minimum Gasteiger partial charge on any atom is -0.367 e. The third kappa shape index (κ3) is 2.58. The maximum atomic E-state index is 12.6. The number of nitrogens with zero attached hydrogens (tertiary/aromatic N) is 1. The van der Waals surface area contributed by atoms with Crippen molar-refractivity contribution in [1.29, 1.82) is 0 Å². The van der Waals surface area contributed by atoms with Crippen LogP contribution in [0.15, 0.2) is 66.2 Å². The lowest BCUT2D eigenvalue weighted by Crippen LogP contribution is -2.30. The van der Waals surface area contributed by atoms with Crippen LogP contribution in [0, 0.1) is 0 Å². The molecule has 0 radical (unpaired) electrons. The van der Waals surface area contributed by atoms with Crippen LogP contribution >= 0.6 is 0 Å². The maximum absolute atomic E-state index is 12.6. The van der Waals surface area contributed by atoms with Gasteiger partial charge in [0.15, 0.2) is 11.6 Å². The van der Waals surface area contributed by atoms with E-state index in [9.17, 15) is 9.59 Å². The molecule has 3 heteroatoms. The number of benzene rings is 2. The second-order valence-electron chi connectivity index (χ2n) is 5.26. The number of hydrogen-bond donors (Lipinski definition) is 0. The number of anilines is 1. The van der Waals surface area contributed by atoms with E-state index >= 15 is 0 Å². The molecule has 0 heterocycles. The molecule has 0 saturated carbocycles. The highest BCUT2D eigenvalue weighted by atomic mass is 16.1. The molecule has 0 spiro atoms. The van der Waals surface area contributed by atoms with Gasteiger partial charge in [-0.25, -0.2) is 0 Å². The standard InChI is InChI=1S/C19H17NO2/c1-2-20(15-8-4-3-5-9-15)13-14-12-18(21)16-10-6-7-11-17(16)19(14)22/h3-12H,2,13H2,1H3. The van der Waals surface area contributed by atoms with Crippen LogP contribution in [-0.2, 0) is 0 Å². The van der Waals surface area contributed by atoms with E-state index in [1.165, 1.54) is 6.08 Å². The van der Waals surface area contributed by atoms with E-state index in [0.717, 1.165) is 12.2 Å². The molecule has 0 unspecified atom stereocenters. The molecule has 0 amide bonds. The third-order valence-corrected chi connectivity index (χ3v) is 3.90. The SMILES string of the molecule is CCN(CC1=CC(=O)c2ccccc2C1=O)c1ccccc1. The van der Waals surface area contributed by atoms with Gasteiger partial charge < -0.3 is 4.90 Å². The van der Waals surface area contributed by atoms with Gasteiger partial charge in [0.25, 0.3) is 0 Å². The van der Waals surface area contributed by atoms with Crippen molar-refractivity contribution in [2.45, 2.75) is 6.92 Å². The zero-order valence-electron chi connectivity index (χ0n) is 12.5. The summed E-state index contributed by atoms with van der Waals surface area (Å²) < 4.78 is 0. The minimum atomic E-state index is -0.0886. The molecule has 1 aliphatic rings. The van der Waals surface area contributed by atoms with Gasteiger partial charge in [-0.2, -0.15) is 0 Å². The van der Waals surface area contributed by atoms with Crippen LogP contribution < -0.4 is 4.90 Å². The normalized spacial score (nSPS) is 13.6. The van der Waals surface area contributed by atoms with Crippen LogP contribution in [0.4, 0.5) is 5.69 Å². The van der Waals surface area contributed by atoms with E-state index in [1.54, 1.807) is 24.3 Å². The van der Waals surface area contributed by atoms with Crippen molar-refractivity contribution < 1.29 is 9.59 Å². The van der Waals surface area contributed by atoms with Gasteiger partial charge in [-0.15, -0.1) is 0 Å². The van der Waals surface area contributed by atoms with Crippen molar-refractivity contribution in [2.24, 2.45) is 0 Å². The fourth-order valence-corrected chi connectivity index (χ4v) is 2.72. The number of Topliss-reactive ketones (excluding diaryl/α,β-unsaturated/α-hetero) is 1. The monoisotopic (exact) mass is 291 g/mol. The van der Waals surface area contributed by atoms with Crippen LogP contribution in [0.5, 0.6) is 0 Å². The summed E-state index contributed by atoms with van der Waals surface area (Å²) in [4.78, 5) is 26.9. The summed E-state index contributed by atoms with van der Waals surface area (Å²) in [6.07, 6.45) is 1.48. The summed E-state index contributed by atoms with van der Waals surface area (Å²) in [5.74, 6) is -0.140. The molecule has 3 nitrogen and oxygen atoms in total. The molecule has 0 atom stereocenters. The van der Waals surface area contributed by atoms with Crippen LogP contribution in [0.3, 0.4) is 0 Å². The fraction of sp³-hybridized carbons (Fsp3) is 0.158. The number of allylic oxidation sites excluding steroid dienone is 1. The Hall–Kier alpha value is -2.68. The predicted octanol–water partition coefficient (Wildman–Crippen LogP) is 3.52. The average molecular weight is 291 g/mol. The number of fused-ring (bicyclic) bond motifs is 1. The number of rotatable bonds is 4. The highest BCUT2D eigenvalue weighted by Gasteiger charge is 2.25. The number of carbonyl (C=O) groups excluding carboxylic acids is 2. The first-order chi connectivity index (χ1) is 10.7. The number of likely N-dealkylation sites (N-methyl/N-ethyl adjacent to an activating group) is 1. The van der Waals surface area contributed by atoms with Gasteiger partial charge in [0.1, 0.15) is 0 Å². The number of para-hydroxylation sites is 1. The lowest BCUT2D eigenvalue weighted by Gasteiger charge is -2.25. The second kappa shape index (κ2) is 5.98. The molecule has 0 saturated heterocycles. The highest BCUT2D eigenvalue weighted by Crippen LogP contribution is 2.23. The third-order valence-electron chi connectivity index (χ3n) is 3.90. The first-order valence-corrected chi connectivity index (χ1v) is 7.39. The summed E-state index contributed by atoms with van der Waals surface area (Å²) >= 11 is 0. The van der Waals surface area contributed by atoms with Gasteiger partial charge >= 0.3 is 0 Å². The van der Waals surface area contributed by atoms with E-state index < -0.39 is 0 Å². The van der Waals surface area contributed by atoms with Gasteiger partial charge in [-0.1, -0.05) is 42.5 Å². The first-order valence-electron chi connectivity index (χ1n) is 7.39. The number of ketones is 2. The zero-order valence-corrected chi connectivity index (χ0v) is 12.5. The van der Waals surface area contributed by atoms with Crippen LogP contribution in [-0.4, -0.2) is 24.7 Å². The van der Waals surface area contributed by atoms with Crippen molar-refractivity contribution in [3.05, 3.63) is 77.4 Å². The Morgan fingerprint density at radius 3 is 2.18 bits per heavy atom. The molecule has 2 aromatic carbocycles. The molecule has 2 aromatic rings. The zero-order chi connectivity index (χ0) is 15.5. The Morgan fingerprint density at radius 1 is 0.864 bits per heavy atom. The van der Waals surface area contributed by atoms with Crippen molar-refractivity contribution in [2.75, 3.05) is 18.0 Å². The van der Waals surface area contributed by atoms with Gasteiger partial charge in [0.2, 0.25) is 0 Å². The summed E-state index contributed by atoms with van der Waals surface area (Å²) in [5.41, 5.74) is 2.60. The summed E-state index contributed by atoms with van der Waals surface area (Å²) in [6, 6.07) is 16.9. The fourth-order valence-electron chi connectivity index (χ4n) is 2.72. The van der Waals surface area contributed by atoms with Gasteiger partial charge in [0.05, 0.1) is 0 Å². The minimum absolute atomic E-state index is 0.0513. The highest BCUT2D eigenvalue weighted by molar-refractivity contribution is 6.24. The average Bonchev–Trinajstić information content (AvgIpc) is 2.57. The van der Waals surface area contributed by atoms with Gasteiger partial charge in [-0.3, -0.25) is 9.59 Å². The Kier molecular flexibility index (Phi) is 3.88. The Labute approximate surface area is 129 Å². The van der Waals surface area contributed by atoms with Crippen molar-refractivity contribution in [3.8, 4) is 0 Å². The summed E-state index contributed by atoms with van der Waals surface area (Å²) in [5, 5.41) is 0. The van der Waals surface area contributed by atoms with E-state index in [2.05, 4.69) is 4.90 Å². The Balaban J connectivity index is 1.90. The molecule has 22 heavy (non-hydrogen) atoms. The van der Waals surface area contributed by atoms with Crippen LogP contribution in [0.25, 0.3) is 0 Å². The molecule has 110 valence electrons. The molecule has 0 N–H and O–H groups in total. The quantitative estimate of drug-likeness (QED) is 0.865. The second-order valence-corrected chi connectivity index (χ2v) is 5.26. The molecule has 0 fully saturated rings. The Bertz CT molecular complexity index is 747. The van der Waals surface area contributed by atoms with E-state index in [4.69, 9.17) is 0 Å². The largest absolute Gasteiger partial charge is 0.367 e. The summed E-state index contributed by atoms with van der Waals surface area (Å²) in [6.45, 7) is 3.25. The lowest BCUT2D eigenvalue weighted by molar-refractivity contribution is 0.0983. The van der Waals surface area contributed by atoms with Gasteiger partial charge in [-0.05, 0) is 25.1 Å². The molecule has 0 bridgehead atoms. The van der Waals surface area contributed by atoms with Crippen LogP contribution in [0.2, 0.25) is 0 Å². The van der Waals surface area contributed by atoms with E-state index in [0.29, 0.717) is 23.2 Å². The van der Waals surface area contributed by atoms with Gasteiger partial charge in [0, 0.05) is 35.5 Å². The van der Waals surface area contributed by atoms with Crippen molar-refractivity contribution in [3.63, 3.8) is 0 Å². The van der Waals surface area contributed by atoms with Crippen molar-refractivity contribution in [1.82, 2.24) is 0 Å². The molecular weight excluding hydrogens is 274 g/mol. The number of carbonyl (C=O) groups is 2. The van der Waals surface area contributed by atoms with E-state index in [-0.39, 0.29) is 11.6 Å². The molecule has 3 rings (SSSR count). The first kappa shape index (κ1) is 14.3. The molecular formula is C19H17NO2. The summed E-state index contributed by atoms with van der Waals surface area (Å²) in [7, 11) is 0. The molecule has 0 aliphatic heterocycles. The predicted molar refractivity (Wildman–Crippen MR) is 87.5 cm³/mol. The maximum Gasteiger partial charge on any atom is 0.191 e. The molecule has 1 aliphatic carbocycles. The number of hydrogen-bond acceptors (Lipinski definition) is 3. The smallest absolute Gasteiger partial charge is 0.191 e. The van der Waals surface area contributed by atoms with E-state index in [1.807, 2.05) is 37.3 Å². The lowest BCUT2D eigenvalue weighted by atomic mass is 9.89.